The Bertz CT molecular complexity index is 638. The monoisotopic (exact) mass is 298 g/mol. The summed E-state index contributed by atoms with van der Waals surface area (Å²) in [6.07, 6.45) is 5.91. The highest BCUT2D eigenvalue weighted by Crippen LogP contribution is 2.34. The molecule has 1 aromatic carbocycles. The van der Waals surface area contributed by atoms with E-state index in [4.69, 9.17) is 4.84 Å². The molecule has 1 aliphatic heterocycles. The van der Waals surface area contributed by atoms with Crippen molar-refractivity contribution in [2.75, 3.05) is 6.61 Å². The van der Waals surface area contributed by atoms with E-state index in [2.05, 4.69) is 18.1 Å². The lowest BCUT2D eigenvalue weighted by Crippen LogP contribution is -1.91. The van der Waals surface area contributed by atoms with Crippen molar-refractivity contribution in [3.63, 3.8) is 0 Å². The molecule has 2 rings (SSSR count). The summed E-state index contributed by atoms with van der Waals surface area (Å²) < 4.78 is 0. The van der Waals surface area contributed by atoms with Crippen molar-refractivity contribution in [1.82, 2.24) is 0 Å². The van der Waals surface area contributed by atoms with Gasteiger partial charge in [-0.1, -0.05) is 54.5 Å². The zero-order valence-electron chi connectivity index (χ0n) is 12.3. The van der Waals surface area contributed by atoms with Gasteiger partial charge in [-0.2, -0.15) is 5.26 Å². The van der Waals surface area contributed by atoms with Gasteiger partial charge in [0.05, 0.1) is 5.57 Å². The number of nitriles is 1. The van der Waals surface area contributed by atoms with Crippen LogP contribution in [0.3, 0.4) is 0 Å². The first kappa shape index (κ1) is 15.4. The maximum atomic E-state index is 9.47. The Labute approximate surface area is 130 Å². The fourth-order valence-corrected chi connectivity index (χ4v) is 2.78. The number of thioether (sulfide) groups is 1. The Morgan fingerprint density at radius 3 is 2.86 bits per heavy atom. The van der Waals surface area contributed by atoms with Crippen molar-refractivity contribution < 1.29 is 4.84 Å². The van der Waals surface area contributed by atoms with Crippen LogP contribution in [-0.2, 0) is 4.84 Å². The molecule has 0 N–H and O–H groups in total. The highest BCUT2D eigenvalue weighted by atomic mass is 32.2. The summed E-state index contributed by atoms with van der Waals surface area (Å²) >= 11 is 1.48. The number of hydrogen-bond donors (Lipinski definition) is 0. The summed E-state index contributed by atoms with van der Waals surface area (Å²) in [5, 5.41) is 14.4. The fourth-order valence-electron chi connectivity index (χ4n) is 1.93. The van der Waals surface area contributed by atoms with Gasteiger partial charge in [0.25, 0.3) is 0 Å². The van der Waals surface area contributed by atoms with Gasteiger partial charge in [0.2, 0.25) is 0 Å². The largest absolute Gasteiger partial charge is 0.395 e. The number of oxime groups is 1. The normalized spacial score (nSPS) is 17.9. The third-order valence-electron chi connectivity index (χ3n) is 3.11. The molecule has 0 unspecified atom stereocenters. The minimum absolute atomic E-state index is 0.635. The molecule has 0 spiro atoms. The van der Waals surface area contributed by atoms with Crippen molar-refractivity contribution in [2.45, 2.75) is 26.7 Å². The van der Waals surface area contributed by atoms with Crippen molar-refractivity contribution in [2.24, 2.45) is 5.16 Å². The second-order valence-corrected chi connectivity index (χ2v) is 5.78. The highest BCUT2D eigenvalue weighted by Gasteiger charge is 2.16. The number of rotatable bonds is 5. The lowest BCUT2D eigenvalue weighted by atomic mass is 10.0. The van der Waals surface area contributed by atoms with E-state index in [1.54, 1.807) is 0 Å². The van der Waals surface area contributed by atoms with E-state index in [0.717, 1.165) is 33.9 Å². The maximum absolute atomic E-state index is 9.47. The maximum Gasteiger partial charge on any atom is 0.140 e. The van der Waals surface area contributed by atoms with Crippen LogP contribution in [0.15, 0.2) is 46.5 Å². The summed E-state index contributed by atoms with van der Waals surface area (Å²) in [4.78, 5) is 6.18. The molecule has 1 aromatic rings. The topological polar surface area (TPSA) is 45.4 Å². The Balaban J connectivity index is 2.16. The molecule has 0 radical (unpaired) electrons. The minimum Gasteiger partial charge on any atom is -0.395 e. The van der Waals surface area contributed by atoms with E-state index in [1.165, 1.54) is 11.8 Å². The molecule has 0 aliphatic carbocycles. The molecule has 0 aromatic heterocycles. The molecule has 0 saturated carbocycles. The molecule has 0 bridgehead atoms. The van der Waals surface area contributed by atoms with E-state index in [9.17, 15) is 5.26 Å². The first-order valence-corrected chi connectivity index (χ1v) is 7.84. The number of aryl methyl sites for hydroxylation is 1. The number of hydrogen-bond acceptors (Lipinski definition) is 4. The summed E-state index contributed by atoms with van der Waals surface area (Å²) in [5.41, 5.74) is 2.76. The predicted molar refractivity (Wildman–Crippen MR) is 88.7 cm³/mol. The molecule has 0 saturated heterocycles. The lowest BCUT2D eigenvalue weighted by Gasteiger charge is -2.05. The van der Waals surface area contributed by atoms with Crippen LogP contribution in [0.5, 0.6) is 0 Å². The fraction of sp³-hybridized carbons (Fsp3) is 0.294. The van der Waals surface area contributed by atoms with Crippen LogP contribution in [0.25, 0.3) is 5.57 Å². The standard InChI is InChI=1S/C17H18N2OS/c1-3-4-11-20-19-17-10-9-16(21-17)15(12-18)14-8-6-5-7-13(14)2/h5-10H,3-4,11H2,1-2H3/b16-15+,19-17+. The Morgan fingerprint density at radius 1 is 1.33 bits per heavy atom. The molecular formula is C17H18N2OS. The van der Waals surface area contributed by atoms with Gasteiger partial charge >= 0.3 is 0 Å². The first-order chi connectivity index (χ1) is 10.3. The quantitative estimate of drug-likeness (QED) is 0.451. The first-order valence-electron chi connectivity index (χ1n) is 7.02. The number of allylic oxidation sites excluding steroid dienone is 2. The van der Waals surface area contributed by atoms with Crippen LogP contribution in [0, 0.1) is 18.3 Å². The van der Waals surface area contributed by atoms with Crippen LogP contribution >= 0.6 is 11.8 Å². The molecule has 1 aliphatic rings. The molecule has 4 heteroatoms. The smallest absolute Gasteiger partial charge is 0.140 e. The van der Waals surface area contributed by atoms with Crippen LogP contribution in [0.2, 0.25) is 0 Å². The van der Waals surface area contributed by atoms with E-state index in [0.29, 0.717) is 12.2 Å². The second kappa shape index (κ2) is 7.70. The van der Waals surface area contributed by atoms with Crippen LogP contribution in [0.4, 0.5) is 0 Å². The molecule has 108 valence electrons. The van der Waals surface area contributed by atoms with Gasteiger partial charge in [-0.3, -0.25) is 0 Å². The molecule has 0 amide bonds. The van der Waals surface area contributed by atoms with Gasteiger partial charge in [-0.25, -0.2) is 0 Å². The van der Waals surface area contributed by atoms with Gasteiger partial charge in [0.15, 0.2) is 0 Å². The Morgan fingerprint density at radius 2 is 2.14 bits per heavy atom. The van der Waals surface area contributed by atoms with Crippen LogP contribution in [-0.4, -0.2) is 11.7 Å². The molecule has 0 fully saturated rings. The van der Waals surface area contributed by atoms with Crippen LogP contribution < -0.4 is 0 Å². The van der Waals surface area contributed by atoms with Gasteiger partial charge in [0, 0.05) is 4.91 Å². The van der Waals surface area contributed by atoms with E-state index in [1.807, 2.05) is 43.3 Å². The van der Waals surface area contributed by atoms with Crippen molar-refractivity contribution in [3.05, 3.63) is 52.4 Å². The SMILES string of the molecule is CCCCO/N=C1C=C/C(=C(/C#N)c2ccccc2C)S\1. The van der Waals surface area contributed by atoms with Crippen molar-refractivity contribution in [3.8, 4) is 6.07 Å². The summed E-state index contributed by atoms with van der Waals surface area (Å²) in [6, 6.07) is 10.2. The van der Waals surface area contributed by atoms with Gasteiger partial charge < -0.3 is 4.84 Å². The summed E-state index contributed by atoms with van der Waals surface area (Å²) in [7, 11) is 0. The third kappa shape index (κ3) is 3.99. The average Bonchev–Trinajstić information content (AvgIpc) is 2.95. The Hall–Kier alpha value is -1.99. The predicted octanol–water partition coefficient (Wildman–Crippen LogP) is 4.66. The highest BCUT2D eigenvalue weighted by molar-refractivity contribution is 8.18. The molecule has 0 atom stereocenters. The molecular weight excluding hydrogens is 280 g/mol. The van der Waals surface area contributed by atoms with E-state index >= 15 is 0 Å². The zero-order valence-corrected chi connectivity index (χ0v) is 13.1. The lowest BCUT2D eigenvalue weighted by molar-refractivity contribution is 0.142. The molecule has 21 heavy (non-hydrogen) atoms. The van der Waals surface area contributed by atoms with Gasteiger partial charge in [-0.15, -0.1) is 0 Å². The summed E-state index contributed by atoms with van der Waals surface area (Å²) in [5.74, 6) is 0. The third-order valence-corrected chi connectivity index (χ3v) is 4.09. The summed E-state index contributed by atoms with van der Waals surface area (Å²) in [6.45, 7) is 4.76. The van der Waals surface area contributed by atoms with Gasteiger partial charge in [-0.05, 0) is 36.6 Å². The van der Waals surface area contributed by atoms with Crippen LogP contribution in [0.1, 0.15) is 30.9 Å². The Kier molecular flexibility index (Phi) is 5.65. The molecule has 1 heterocycles. The van der Waals surface area contributed by atoms with E-state index < -0.39 is 0 Å². The molecule has 3 nitrogen and oxygen atoms in total. The van der Waals surface area contributed by atoms with E-state index in [-0.39, 0.29) is 0 Å². The minimum atomic E-state index is 0.635. The van der Waals surface area contributed by atoms with Crippen molar-refractivity contribution in [1.29, 1.82) is 5.26 Å². The average molecular weight is 298 g/mol. The zero-order chi connectivity index (χ0) is 15.1. The number of benzene rings is 1. The van der Waals surface area contributed by atoms with Gasteiger partial charge in [0.1, 0.15) is 17.7 Å². The number of unbranched alkanes of at least 4 members (excludes halogenated alkanes) is 1. The second-order valence-electron chi connectivity index (χ2n) is 4.72. The van der Waals surface area contributed by atoms with Crippen molar-refractivity contribution >= 4 is 22.4 Å². The number of nitrogens with zero attached hydrogens (tertiary/aromatic N) is 2.